The smallest absolute Gasteiger partial charge is 0.0834 e. The number of hydrogen-bond donors (Lipinski definition) is 1. The van der Waals surface area contributed by atoms with E-state index < -0.39 is 0 Å². The molecule has 0 aliphatic heterocycles. The molecule has 0 radical (unpaired) electrons. The van der Waals surface area contributed by atoms with Crippen molar-refractivity contribution in [3.05, 3.63) is 0 Å². The summed E-state index contributed by atoms with van der Waals surface area (Å²) < 4.78 is 6.38. The Morgan fingerprint density at radius 3 is 2.20 bits per heavy atom. The Labute approximate surface area is 127 Å². The van der Waals surface area contributed by atoms with Gasteiger partial charge in [0.2, 0.25) is 0 Å². The largest absolute Gasteiger partial charge is 0.374 e. The molecule has 1 saturated carbocycles. The molecule has 1 aliphatic rings. The van der Waals surface area contributed by atoms with Crippen LogP contribution < -0.4 is 5.32 Å². The van der Waals surface area contributed by atoms with Gasteiger partial charge in [-0.3, -0.25) is 0 Å². The minimum Gasteiger partial charge on any atom is -0.374 e. The van der Waals surface area contributed by atoms with E-state index in [0.717, 1.165) is 19.1 Å². The van der Waals surface area contributed by atoms with E-state index in [1.165, 1.54) is 57.8 Å². The third-order valence-electron chi connectivity index (χ3n) is 4.89. The third-order valence-corrected chi connectivity index (χ3v) is 4.89. The maximum absolute atomic E-state index is 6.38. The Bertz CT molecular complexity index is 234. The van der Waals surface area contributed by atoms with E-state index in [-0.39, 0.29) is 5.60 Å². The first kappa shape index (κ1) is 18.0. The lowest BCUT2D eigenvalue weighted by Crippen LogP contribution is -2.53. The van der Waals surface area contributed by atoms with Gasteiger partial charge in [-0.05, 0) is 38.6 Å². The van der Waals surface area contributed by atoms with Crippen LogP contribution in [0.3, 0.4) is 0 Å². The first-order valence-corrected chi connectivity index (χ1v) is 9.05. The molecule has 0 amide bonds. The van der Waals surface area contributed by atoms with E-state index in [2.05, 4.69) is 33.0 Å². The normalized spacial score (nSPS) is 22.2. The fraction of sp³-hybridized carbons (Fsp3) is 1.00. The van der Waals surface area contributed by atoms with Crippen molar-refractivity contribution in [1.29, 1.82) is 0 Å². The third kappa shape index (κ3) is 5.37. The van der Waals surface area contributed by atoms with Crippen molar-refractivity contribution in [2.75, 3.05) is 13.2 Å². The van der Waals surface area contributed by atoms with Crippen LogP contribution in [0.15, 0.2) is 0 Å². The van der Waals surface area contributed by atoms with Gasteiger partial charge in [0.05, 0.1) is 5.60 Å². The Hall–Kier alpha value is -0.0800. The minimum absolute atomic E-state index is 0.100. The lowest BCUT2D eigenvalue weighted by molar-refractivity contribution is -0.0810. The van der Waals surface area contributed by atoms with Gasteiger partial charge in [-0.1, -0.05) is 59.3 Å². The van der Waals surface area contributed by atoms with Gasteiger partial charge in [-0.15, -0.1) is 0 Å². The highest BCUT2D eigenvalue weighted by Crippen LogP contribution is 2.36. The minimum atomic E-state index is 0.100. The van der Waals surface area contributed by atoms with Crippen LogP contribution in [0.2, 0.25) is 0 Å². The van der Waals surface area contributed by atoms with Crippen molar-refractivity contribution in [2.45, 2.75) is 97.1 Å². The van der Waals surface area contributed by atoms with Crippen LogP contribution in [-0.2, 0) is 4.74 Å². The van der Waals surface area contributed by atoms with Crippen molar-refractivity contribution >= 4 is 0 Å². The monoisotopic (exact) mass is 283 g/mol. The van der Waals surface area contributed by atoms with E-state index in [4.69, 9.17) is 4.74 Å². The zero-order chi connectivity index (χ0) is 14.8. The summed E-state index contributed by atoms with van der Waals surface area (Å²) in [6.07, 6.45) is 11.8. The van der Waals surface area contributed by atoms with Crippen molar-refractivity contribution in [3.63, 3.8) is 0 Å². The lowest BCUT2D eigenvalue weighted by Gasteiger charge is -2.42. The molecule has 2 atom stereocenters. The molecule has 20 heavy (non-hydrogen) atoms. The quantitative estimate of drug-likeness (QED) is 0.606. The number of likely N-dealkylation sites (N-methyl/N-ethyl adjacent to an activating group) is 1. The van der Waals surface area contributed by atoms with Crippen LogP contribution in [0.5, 0.6) is 0 Å². The van der Waals surface area contributed by atoms with Crippen LogP contribution in [0, 0.1) is 5.92 Å². The standard InChI is InChI=1S/C18H37NO/c1-5-12-16(4)15-17(19-6-2)18(20-7-3)13-10-8-9-11-14-18/h16-17,19H,5-15H2,1-4H3. The Morgan fingerprint density at radius 2 is 1.70 bits per heavy atom. The van der Waals surface area contributed by atoms with Gasteiger partial charge >= 0.3 is 0 Å². The van der Waals surface area contributed by atoms with Gasteiger partial charge < -0.3 is 10.1 Å². The fourth-order valence-corrected chi connectivity index (χ4v) is 3.95. The average Bonchev–Trinajstić information content (AvgIpc) is 2.65. The van der Waals surface area contributed by atoms with Crippen LogP contribution >= 0.6 is 0 Å². The summed E-state index contributed by atoms with van der Waals surface area (Å²) in [5, 5.41) is 3.77. The molecule has 0 aromatic carbocycles. The van der Waals surface area contributed by atoms with Gasteiger partial charge in [0, 0.05) is 12.6 Å². The average molecular weight is 284 g/mol. The molecule has 1 N–H and O–H groups in total. The molecular weight excluding hydrogens is 246 g/mol. The highest BCUT2D eigenvalue weighted by molar-refractivity contribution is 4.95. The maximum atomic E-state index is 6.38. The first-order chi connectivity index (χ1) is 9.68. The second-order valence-corrected chi connectivity index (χ2v) is 6.65. The van der Waals surface area contributed by atoms with Crippen molar-refractivity contribution in [2.24, 2.45) is 5.92 Å². The zero-order valence-electron chi connectivity index (χ0n) is 14.3. The number of nitrogens with one attached hydrogen (secondary N) is 1. The van der Waals surface area contributed by atoms with Crippen LogP contribution in [0.4, 0.5) is 0 Å². The SMILES string of the molecule is CCCC(C)CC(NCC)C1(OCC)CCCCCC1. The highest BCUT2D eigenvalue weighted by atomic mass is 16.5. The first-order valence-electron chi connectivity index (χ1n) is 9.05. The molecule has 120 valence electrons. The zero-order valence-corrected chi connectivity index (χ0v) is 14.3. The molecule has 0 aromatic heterocycles. The van der Waals surface area contributed by atoms with Crippen molar-refractivity contribution < 1.29 is 4.74 Å². The summed E-state index contributed by atoms with van der Waals surface area (Å²) in [4.78, 5) is 0. The van der Waals surface area contributed by atoms with Crippen molar-refractivity contribution in [1.82, 2.24) is 5.32 Å². The number of hydrogen-bond acceptors (Lipinski definition) is 2. The second kappa shape index (κ2) is 9.78. The van der Waals surface area contributed by atoms with Crippen LogP contribution in [0.25, 0.3) is 0 Å². The molecule has 2 heteroatoms. The molecule has 0 bridgehead atoms. The summed E-state index contributed by atoms with van der Waals surface area (Å²) in [7, 11) is 0. The Balaban J connectivity index is 2.79. The summed E-state index contributed by atoms with van der Waals surface area (Å²) in [6, 6.07) is 0.534. The molecule has 2 unspecified atom stereocenters. The predicted molar refractivity (Wildman–Crippen MR) is 88.2 cm³/mol. The summed E-state index contributed by atoms with van der Waals surface area (Å²) in [5.41, 5.74) is 0.100. The molecule has 1 rings (SSSR count). The molecule has 1 fully saturated rings. The molecule has 0 aromatic rings. The van der Waals surface area contributed by atoms with Gasteiger partial charge in [0.15, 0.2) is 0 Å². The van der Waals surface area contributed by atoms with Gasteiger partial charge in [-0.25, -0.2) is 0 Å². The molecule has 1 aliphatic carbocycles. The maximum Gasteiger partial charge on any atom is 0.0834 e. The van der Waals surface area contributed by atoms with Crippen LogP contribution in [-0.4, -0.2) is 24.8 Å². The van der Waals surface area contributed by atoms with E-state index in [0.29, 0.717) is 6.04 Å². The molecular formula is C18H37NO. The van der Waals surface area contributed by atoms with Crippen LogP contribution in [0.1, 0.15) is 85.5 Å². The van der Waals surface area contributed by atoms with Gasteiger partial charge in [-0.2, -0.15) is 0 Å². The van der Waals surface area contributed by atoms with E-state index in [9.17, 15) is 0 Å². The molecule has 0 heterocycles. The Morgan fingerprint density at radius 1 is 1.05 bits per heavy atom. The van der Waals surface area contributed by atoms with E-state index >= 15 is 0 Å². The summed E-state index contributed by atoms with van der Waals surface area (Å²) in [5.74, 6) is 0.796. The summed E-state index contributed by atoms with van der Waals surface area (Å²) in [6.45, 7) is 11.0. The van der Waals surface area contributed by atoms with Crippen molar-refractivity contribution in [3.8, 4) is 0 Å². The lowest BCUT2D eigenvalue weighted by atomic mass is 9.80. The number of rotatable bonds is 9. The van der Waals surface area contributed by atoms with E-state index in [1.807, 2.05) is 0 Å². The summed E-state index contributed by atoms with van der Waals surface area (Å²) >= 11 is 0. The fourth-order valence-electron chi connectivity index (χ4n) is 3.95. The number of ether oxygens (including phenoxy) is 1. The van der Waals surface area contributed by atoms with Gasteiger partial charge in [0.25, 0.3) is 0 Å². The van der Waals surface area contributed by atoms with Gasteiger partial charge in [0.1, 0.15) is 0 Å². The topological polar surface area (TPSA) is 21.3 Å². The molecule has 2 nitrogen and oxygen atoms in total. The predicted octanol–water partition coefficient (Wildman–Crippen LogP) is 4.92. The van der Waals surface area contributed by atoms with E-state index in [1.54, 1.807) is 0 Å². The highest BCUT2D eigenvalue weighted by Gasteiger charge is 2.39. The molecule has 0 saturated heterocycles. The second-order valence-electron chi connectivity index (χ2n) is 6.65. The molecule has 0 spiro atoms. The Kier molecular flexibility index (Phi) is 8.79.